The molecular formula is C7H9BFNS. The van der Waals surface area contributed by atoms with Gasteiger partial charge in [0.2, 0.25) is 0 Å². The zero-order valence-electron chi connectivity index (χ0n) is 6.38. The molecule has 0 aliphatic rings. The molecule has 0 saturated carbocycles. The fraction of sp³-hybridized carbons (Fsp3) is 0.429. The van der Waals surface area contributed by atoms with Crippen LogP contribution in [0.5, 0.6) is 0 Å². The highest BCUT2D eigenvalue weighted by Gasteiger charge is 2.04. The average molecular weight is 169 g/mol. The van der Waals surface area contributed by atoms with Crippen molar-refractivity contribution >= 4 is 19.3 Å². The number of rotatable bonds is 3. The van der Waals surface area contributed by atoms with Gasteiger partial charge in [0.15, 0.2) is 13.1 Å². The van der Waals surface area contributed by atoms with Crippen LogP contribution in [0, 0.1) is 5.13 Å². The van der Waals surface area contributed by atoms with E-state index >= 15 is 0 Å². The maximum absolute atomic E-state index is 12.8. The van der Waals surface area contributed by atoms with Gasteiger partial charge in [0.05, 0.1) is 0 Å². The lowest BCUT2D eigenvalue weighted by molar-refractivity contribution is 0.462. The molecule has 58 valence electrons. The van der Waals surface area contributed by atoms with Crippen molar-refractivity contribution in [2.24, 2.45) is 0 Å². The van der Waals surface area contributed by atoms with Crippen LogP contribution in [-0.2, 0) is 6.54 Å². The smallest absolute Gasteiger partial charge is 0.182 e. The molecule has 1 rings (SSSR count). The van der Waals surface area contributed by atoms with Gasteiger partial charge >= 0.3 is 0 Å². The molecule has 0 fully saturated rings. The standard InChI is InChI=1S/C7H9BFNS/c1-2-10(8)5-6-3-4-11-7(6)9/h3-4H,2,5H2,1H3. The summed E-state index contributed by atoms with van der Waals surface area (Å²) < 4.78 is 12.8. The zero-order chi connectivity index (χ0) is 8.27. The molecule has 1 aromatic heterocycles. The minimum atomic E-state index is -0.131. The number of thiophene rings is 1. The van der Waals surface area contributed by atoms with Crippen molar-refractivity contribution in [1.29, 1.82) is 0 Å². The zero-order valence-corrected chi connectivity index (χ0v) is 7.20. The number of hydrogen-bond acceptors (Lipinski definition) is 2. The van der Waals surface area contributed by atoms with Crippen molar-refractivity contribution in [3.63, 3.8) is 0 Å². The second-order valence-corrected chi connectivity index (χ2v) is 3.15. The first-order valence-corrected chi connectivity index (χ1v) is 4.33. The third-order valence-corrected chi connectivity index (χ3v) is 2.21. The van der Waals surface area contributed by atoms with Crippen LogP contribution < -0.4 is 0 Å². The summed E-state index contributed by atoms with van der Waals surface area (Å²) in [6.45, 7) is 3.16. The molecule has 0 saturated heterocycles. The summed E-state index contributed by atoms with van der Waals surface area (Å²) in [5.41, 5.74) is 0.680. The van der Waals surface area contributed by atoms with Gasteiger partial charge in [-0.3, -0.25) is 0 Å². The van der Waals surface area contributed by atoms with Gasteiger partial charge in [-0.1, -0.05) is 6.92 Å². The summed E-state index contributed by atoms with van der Waals surface area (Å²) in [5, 5.41) is 1.60. The largest absolute Gasteiger partial charge is 0.350 e. The predicted octanol–water partition coefficient (Wildman–Crippen LogP) is 1.79. The monoisotopic (exact) mass is 169 g/mol. The fourth-order valence-corrected chi connectivity index (χ4v) is 1.40. The summed E-state index contributed by atoms with van der Waals surface area (Å²) in [6, 6.07) is 1.76. The van der Waals surface area contributed by atoms with E-state index in [1.807, 2.05) is 6.92 Å². The van der Waals surface area contributed by atoms with Crippen molar-refractivity contribution in [2.75, 3.05) is 6.54 Å². The van der Waals surface area contributed by atoms with Gasteiger partial charge in [0.25, 0.3) is 0 Å². The Labute approximate surface area is 71.3 Å². The Morgan fingerprint density at radius 1 is 1.73 bits per heavy atom. The first-order chi connectivity index (χ1) is 5.24. The Morgan fingerprint density at radius 2 is 2.45 bits per heavy atom. The molecule has 0 atom stereocenters. The van der Waals surface area contributed by atoms with Crippen LogP contribution in [-0.4, -0.2) is 19.3 Å². The van der Waals surface area contributed by atoms with Gasteiger partial charge in [0.1, 0.15) is 0 Å². The molecule has 0 N–H and O–H groups in total. The first kappa shape index (κ1) is 8.75. The lowest BCUT2D eigenvalue weighted by Gasteiger charge is -2.12. The van der Waals surface area contributed by atoms with E-state index in [0.717, 1.165) is 17.9 Å². The van der Waals surface area contributed by atoms with E-state index in [2.05, 4.69) is 0 Å². The molecular weight excluding hydrogens is 160 g/mol. The Kier molecular flexibility index (Phi) is 3.08. The Bertz CT molecular complexity index is 226. The SMILES string of the molecule is [B]N(CC)Cc1ccsc1F. The van der Waals surface area contributed by atoms with Gasteiger partial charge in [-0.25, -0.2) is 0 Å². The highest BCUT2D eigenvalue weighted by Crippen LogP contribution is 2.15. The normalized spacial score (nSPS) is 10.8. The van der Waals surface area contributed by atoms with Crippen molar-refractivity contribution in [1.82, 2.24) is 4.81 Å². The summed E-state index contributed by atoms with van der Waals surface area (Å²) in [4.78, 5) is 1.57. The van der Waals surface area contributed by atoms with Gasteiger partial charge in [-0.2, -0.15) is 4.39 Å². The maximum Gasteiger partial charge on any atom is 0.182 e. The van der Waals surface area contributed by atoms with Gasteiger partial charge in [0, 0.05) is 12.1 Å². The van der Waals surface area contributed by atoms with Crippen LogP contribution in [0.1, 0.15) is 12.5 Å². The third kappa shape index (κ3) is 2.31. The molecule has 0 spiro atoms. The Morgan fingerprint density at radius 3 is 2.91 bits per heavy atom. The van der Waals surface area contributed by atoms with Crippen LogP contribution in [0.3, 0.4) is 0 Å². The molecule has 0 bridgehead atoms. The third-order valence-electron chi connectivity index (χ3n) is 1.47. The van der Waals surface area contributed by atoms with E-state index in [4.69, 9.17) is 7.98 Å². The molecule has 0 aliphatic heterocycles. The van der Waals surface area contributed by atoms with E-state index in [1.54, 1.807) is 16.3 Å². The summed E-state index contributed by atoms with van der Waals surface area (Å²) in [7, 11) is 5.50. The lowest BCUT2D eigenvalue weighted by Crippen LogP contribution is -2.18. The van der Waals surface area contributed by atoms with E-state index in [1.165, 1.54) is 0 Å². The maximum atomic E-state index is 12.8. The van der Waals surface area contributed by atoms with Crippen molar-refractivity contribution < 1.29 is 4.39 Å². The number of halogens is 1. The van der Waals surface area contributed by atoms with Crippen molar-refractivity contribution in [3.8, 4) is 0 Å². The molecule has 0 unspecified atom stereocenters. The minimum absolute atomic E-state index is 0.131. The molecule has 11 heavy (non-hydrogen) atoms. The first-order valence-electron chi connectivity index (χ1n) is 3.45. The van der Waals surface area contributed by atoms with Gasteiger partial charge < -0.3 is 4.81 Å². The summed E-state index contributed by atoms with van der Waals surface area (Å²) in [6.07, 6.45) is 0. The topological polar surface area (TPSA) is 3.24 Å². The van der Waals surface area contributed by atoms with Crippen LogP contribution in [0.25, 0.3) is 0 Å². The van der Waals surface area contributed by atoms with Crippen LogP contribution in [0.15, 0.2) is 11.4 Å². The second kappa shape index (κ2) is 3.88. The molecule has 1 aromatic rings. The van der Waals surface area contributed by atoms with E-state index in [0.29, 0.717) is 12.1 Å². The van der Waals surface area contributed by atoms with Gasteiger partial charge in [-0.05, 0) is 18.0 Å². The molecule has 1 nitrogen and oxygen atoms in total. The summed E-state index contributed by atoms with van der Waals surface area (Å²) >= 11 is 1.11. The lowest BCUT2D eigenvalue weighted by atomic mass is 10.2. The molecule has 0 aromatic carbocycles. The fourth-order valence-electron chi connectivity index (χ4n) is 0.763. The number of nitrogens with zero attached hydrogens (tertiary/aromatic N) is 1. The van der Waals surface area contributed by atoms with Crippen LogP contribution in [0.2, 0.25) is 0 Å². The quantitative estimate of drug-likeness (QED) is 0.623. The van der Waals surface area contributed by atoms with Crippen LogP contribution in [0.4, 0.5) is 4.39 Å². The molecule has 1 heterocycles. The average Bonchev–Trinajstić information content (AvgIpc) is 2.37. The van der Waals surface area contributed by atoms with E-state index in [9.17, 15) is 4.39 Å². The highest BCUT2D eigenvalue weighted by molar-refractivity contribution is 7.08. The highest BCUT2D eigenvalue weighted by atomic mass is 32.1. The summed E-state index contributed by atoms with van der Waals surface area (Å²) in [5.74, 6) is 0. The van der Waals surface area contributed by atoms with Gasteiger partial charge in [-0.15, -0.1) is 11.3 Å². The second-order valence-electron chi connectivity index (χ2n) is 2.28. The minimum Gasteiger partial charge on any atom is -0.350 e. The molecule has 4 heteroatoms. The van der Waals surface area contributed by atoms with Crippen molar-refractivity contribution in [3.05, 3.63) is 22.1 Å². The number of hydrogen-bond donors (Lipinski definition) is 0. The molecule has 2 radical (unpaired) electrons. The van der Waals surface area contributed by atoms with Crippen LogP contribution >= 0.6 is 11.3 Å². The van der Waals surface area contributed by atoms with E-state index < -0.39 is 0 Å². The Hall–Kier alpha value is -0.345. The molecule has 0 aliphatic carbocycles. The van der Waals surface area contributed by atoms with Crippen molar-refractivity contribution in [2.45, 2.75) is 13.5 Å². The van der Waals surface area contributed by atoms with E-state index in [-0.39, 0.29) is 5.13 Å². The Balaban J connectivity index is 2.56. The predicted molar refractivity (Wildman–Crippen MR) is 46.1 cm³/mol. The molecule has 0 amide bonds.